The number of hydrogen-bond donors (Lipinski definition) is 2. The molecule has 1 heterocycles. The number of amides is 1. The molecule has 1 aromatic rings. The first-order valence-corrected chi connectivity index (χ1v) is 7.80. The molecule has 0 aliphatic carbocycles. The normalized spacial score (nSPS) is 13.2. The maximum Gasteiger partial charge on any atom is 0.273 e. The molecule has 1 unspecified atom stereocenters. The summed E-state index contributed by atoms with van der Waals surface area (Å²) in [6.45, 7) is 4.56. The largest absolute Gasteiger partial charge is 0.447 e. The van der Waals surface area contributed by atoms with Crippen LogP contribution in [-0.4, -0.2) is 45.9 Å². The van der Waals surface area contributed by atoms with E-state index in [1.165, 1.54) is 13.1 Å². The van der Waals surface area contributed by atoms with Crippen LogP contribution in [0.2, 0.25) is 0 Å². The van der Waals surface area contributed by atoms with Crippen LogP contribution in [-0.2, 0) is 21.4 Å². The van der Waals surface area contributed by atoms with E-state index < -0.39 is 10.0 Å². The molecular weight excluding hydrogens is 282 g/mol. The van der Waals surface area contributed by atoms with E-state index in [-0.39, 0.29) is 23.6 Å². The molecule has 0 radical (unpaired) electrons. The van der Waals surface area contributed by atoms with Gasteiger partial charge < -0.3 is 9.32 Å². The molecule has 1 aromatic heterocycles. The van der Waals surface area contributed by atoms with Gasteiger partial charge in [-0.05, 0) is 33.0 Å². The molecule has 1 rings (SSSR count). The van der Waals surface area contributed by atoms with Crippen molar-refractivity contribution in [2.45, 2.75) is 31.5 Å². The average molecular weight is 303 g/mol. The summed E-state index contributed by atoms with van der Waals surface area (Å²) >= 11 is 0. The Morgan fingerprint density at radius 2 is 2.10 bits per heavy atom. The summed E-state index contributed by atoms with van der Waals surface area (Å²) in [6.07, 6.45) is 0. The molecule has 0 aromatic carbocycles. The zero-order valence-corrected chi connectivity index (χ0v) is 13.0. The van der Waals surface area contributed by atoms with Gasteiger partial charge in [-0.25, -0.2) is 13.1 Å². The van der Waals surface area contributed by atoms with E-state index in [9.17, 15) is 13.2 Å². The molecule has 114 valence electrons. The van der Waals surface area contributed by atoms with Crippen LogP contribution in [0.1, 0.15) is 19.6 Å². The monoisotopic (exact) mass is 303 g/mol. The van der Waals surface area contributed by atoms with Gasteiger partial charge in [-0.1, -0.05) is 0 Å². The highest BCUT2D eigenvalue weighted by Crippen LogP contribution is 2.13. The summed E-state index contributed by atoms with van der Waals surface area (Å²) < 4.78 is 30.4. The zero-order chi connectivity index (χ0) is 15.3. The lowest BCUT2D eigenvalue weighted by Crippen LogP contribution is -2.42. The zero-order valence-electron chi connectivity index (χ0n) is 12.1. The van der Waals surface area contributed by atoms with E-state index in [0.717, 1.165) is 0 Å². The van der Waals surface area contributed by atoms with Crippen molar-refractivity contribution >= 4 is 15.9 Å². The van der Waals surface area contributed by atoms with Crippen molar-refractivity contribution in [3.8, 4) is 0 Å². The topological polar surface area (TPSA) is 91.7 Å². The Labute approximate surface area is 119 Å². The fourth-order valence-electron chi connectivity index (χ4n) is 1.53. The summed E-state index contributed by atoms with van der Waals surface area (Å²) in [5.74, 6) is 0.430. The van der Waals surface area contributed by atoms with Crippen molar-refractivity contribution in [3.05, 3.63) is 17.9 Å². The molecule has 0 spiro atoms. The molecule has 20 heavy (non-hydrogen) atoms. The summed E-state index contributed by atoms with van der Waals surface area (Å²) in [6, 6.07) is 2.58. The van der Waals surface area contributed by atoms with Crippen molar-refractivity contribution in [1.82, 2.24) is 14.9 Å². The third-order valence-electron chi connectivity index (χ3n) is 2.97. The predicted octanol–water partition coefficient (Wildman–Crippen LogP) is 0.144. The number of carbonyl (C=O) groups is 1. The molecule has 1 amide bonds. The van der Waals surface area contributed by atoms with Crippen molar-refractivity contribution in [3.63, 3.8) is 0 Å². The Morgan fingerprint density at radius 1 is 1.45 bits per heavy atom. The Balaban J connectivity index is 2.61. The quantitative estimate of drug-likeness (QED) is 0.748. The SMILES string of the molecule is CCN(C)C(=O)C(C)NCc1ccc(S(=O)(=O)NC)o1. The van der Waals surface area contributed by atoms with Gasteiger partial charge >= 0.3 is 0 Å². The fraction of sp³-hybridized carbons (Fsp3) is 0.583. The van der Waals surface area contributed by atoms with Crippen LogP contribution in [0.3, 0.4) is 0 Å². The smallest absolute Gasteiger partial charge is 0.273 e. The lowest BCUT2D eigenvalue weighted by atomic mass is 10.3. The summed E-state index contributed by atoms with van der Waals surface area (Å²) in [4.78, 5) is 13.4. The predicted molar refractivity (Wildman–Crippen MR) is 74.6 cm³/mol. The van der Waals surface area contributed by atoms with E-state index >= 15 is 0 Å². The number of carbonyl (C=O) groups excluding carboxylic acids is 1. The molecule has 0 saturated heterocycles. The van der Waals surface area contributed by atoms with Crippen LogP contribution in [0.25, 0.3) is 0 Å². The van der Waals surface area contributed by atoms with Gasteiger partial charge in [0.25, 0.3) is 10.0 Å². The molecule has 0 bridgehead atoms. The first-order valence-electron chi connectivity index (χ1n) is 6.32. The molecule has 0 fully saturated rings. The van der Waals surface area contributed by atoms with Gasteiger partial charge in [0.1, 0.15) is 5.76 Å². The fourth-order valence-corrected chi connectivity index (χ4v) is 2.19. The molecule has 0 aliphatic rings. The molecule has 1 atom stereocenters. The van der Waals surface area contributed by atoms with Crippen LogP contribution in [0.15, 0.2) is 21.6 Å². The van der Waals surface area contributed by atoms with Crippen molar-refractivity contribution in [2.24, 2.45) is 0 Å². The number of nitrogens with one attached hydrogen (secondary N) is 2. The maximum atomic E-state index is 11.8. The van der Waals surface area contributed by atoms with Gasteiger partial charge in [0.05, 0.1) is 12.6 Å². The van der Waals surface area contributed by atoms with E-state index in [1.54, 1.807) is 24.9 Å². The van der Waals surface area contributed by atoms with Crippen molar-refractivity contribution < 1.29 is 17.6 Å². The molecular formula is C12H21N3O4S. The Hall–Kier alpha value is -1.38. The highest BCUT2D eigenvalue weighted by molar-refractivity contribution is 7.89. The van der Waals surface area contributed by atoms with Crippen molar-refractivity contribution in [2.75, 3.05) is 20.6 Å². The van der Waals surface area contributed by atoms with Crippen LogP contribution < -0.4 is 10.0 Å². The second-order valence-corrected chi connectivity index (χ2v) is 6.20. The number of nitrogens with zero attached hydrogens (tertiary/aromatic N) is 1. The van der Waals surface area contributed by atoms with Gasteiger partial charge in [0, 0.05) is 13.6 Å². The van der Waals surface area contributed by atoms with Gasteiger partial charge in [0.15, 0.2) is 0 Å². The third kappa shape index (κ3) is 4.06. The highest BCUT2D eigenvalue weighted by Gasteiger charge is 2.18. The summed E-state index contributed by atoms with van der Waals surface area (Å²) in [7, 11) is -0.526. The number of furan rings is 1. The van der Waals surface area contributed by atoms with E-state index in [0.29, 0.717) is 12.3 Å². The average Bonchev–Trinajstić information content (AvgIpc) is 2.92. The lowest BCUT2D eigenvalue weighted by molar-refractivity contribution is -0.131. The molecule has 2 N–H and O–H groups in total. The second kappa shape index (κ2) is 6.87. The van der Waals surface area contributed by atoms with Crippen molar-refractivity contribution in [1.29, 1.82) is 0 Å². The van der Waals surface area contributed by atoms with Crippen LogP contribution in [0.5, 0.6) is 0 Å². The second-order valence-electron chi connectivity index (χ2n) is 4.38. The molecule has 0 aliphatic heterocycles. The number of sulfonamides is 1. The van der Waals surface area contributed by atoms with E-state index in [1.807, 2.05) is 6.92 Å². The van der Waals surface area contributed by atoms with Gasteiger partial charge in [-0.2, -0.15) is 0 Å². The maximum absolute atomic E-state index is 11.8. The van der Waals surface area contributed by atoms with Gasteiger partial charge in [-0.15, -0.1) is 0 Å². The minimum Gasteiger partial charge on any atom is -0.447 e. The molecule has 8 heteroatoms. The number of likely N-dealkylation sites (N-methyl/N-ethyl adjacent to an activating group) is 1. The standard InChI is InChI=1S/C12H21N3O4S/c1-5-15(4)12(16)9(2)14-8-10-6-7-11(19-10)20(17,18)13-3/h6-7,9,13-14H,5,8H2,1-4H3. The minimum absolute atomic E-state index is 0.0258. The first-order chi connectivity index (χ1) is 9.31. The van der Waals surface area contributed by atoms with Crippen LogP contribution in [0.4, 0.5) is 0 Å². The number of hydrogen-bond acceptors (Lipinski definition) is 5. The van der Waals surface area contributed by atoms with Gasteiger partial charge in [0.2, 0.25) is 11.0 Å². The third-order valence-corrected chi connectivity index (χ3v) is 4.26. The van der Waals surface area contributed by atoms with Gasteiger partial charge in [-0.3, -0.25) is 10.1 Å². The Kier molecular flexibility index (Phi) is 5.73. The number of rotatable bonds is 7. The van der Waals surface area contributed by atoms with E-state index in [2.05, 4.69) is 10.0 Å². The van der Waals surface area contributed by atoms with Crippen LogP contribution >= 0.6 is 0 Å². The Bertz CT molecular complexity index is 553. The molecule has 0 saturated carbocycles. The summed E-state index contributed by atoms with van der Waals surface area (Å²) in [5.41, 5.74) is 0. The molecule has 7 nitrogen and oxygen atoms in total. The minimum atomic E-state index is -3.57. The highest BCUT2D eigenvalue weighted by atomic mass is 32.2. The first kappa shape index (κ1) is 16.7. The Morgan fingerprint density at radius 3 is 2.65 bits per heavy atom. The van der Waals surface area contributed by atoms with Crippen LogP contribution in [0, 0.1) is 0 Å². The lowest BCUT2D eigenvalue weighted by Gasteiger charge is -2.20. The summed E-state index contributed by atoms with van der Waals surface area (Å²) in [5, 5.41) is 2.86. The van der Waals surface area contributed by atoms with E-state index in [4.69, 9.17) is 4.42 Å².